The Labute approximate surface area is 79.4 Å². The summed E-state index contributed by atoms with van der Waals surface area (Å²) in [5, 5.41) is 9.80. The van der Waals surface area contributed by atoms with Crippen molar-refractivity contribution in [3.8, 4) is 0 Å². The van der Waals surface area contributed by atoms with Crippen molar-refractivity contribution in [3.05, 3.63) is 34.9 Å². The molecule has 0 aliphatic heterocycles. The Bertz CT molecular complexity index is 324. The molecule has 1 heteroatoms. The second-order valence-corrected chi connectivity index (χ2v) is 4.33. The fourth-order valence-electron chi connectivity index (χ4n) is 1.67. The quantitative estimate of drug-likeness (QED) is 0.733. The van der Waals surface area contributed by atoms with Crippen LogP contribution in [0.5, 0.6) is 0 Å². The van der Waals surface area contributed by atoms with E-state index in [2.05, 4.69) is 32.0 Å². The number of aliphatic hydroxyl groups is 1. The van der Waals surface area contributed by atoms with Crippen LogP contribution in [0.3, 0.4) is 0 Å². The zero-order chi connectivity index (χ0) is 9.47. The van der Waals surface area contributed by atoms with Gasteiger partial charge in [0.2, 0.25) is 0 Å². The molecule has 1 aliphatic carbocycles. The Hall–Kier alpha value is -0.820. The Morgan fingerprint density at radius 3 is 2.62 bits per heavy atom. The van der Waals surface area contributed by atoms with E-state index in [1.165, 1.54) is 16.7 Å². The van der Waals surface area contributed by atoms with Gasteiger partial charge in [-0.25, -0.2) is 0 Å². The van der Waals surface area contributed by atoms with E-state index in [1.54, 1.807) is 0 Å². The topological polar surface area (TPSA) is 20.2 Å². The summed E-state index contributed by atoms with van der Waals surface area (Å²) in [5.41, 5.74) is 3.52. The summed E-state index contributed by atoms with van der Waals surface area (Å²) in [4.78, 5) is 0. The lowest BCUT2D eigenvalue weighted by Crippen LogP contribution is -2.11. The molecule has 0 amide bonds. The second kappa shape index (κ2) is 2.85. The number of rotatable bonds is 2. The maximum atomic E-state index is 9.80. The van der Waals surface area contributed by atoms with E-state index in [0.29, 0.717) is 0 Å². The molecule has 0 radical (unpaired) electrons. The van der Waals surface area contributed by atoms with Crippen molar-refractivity contribution >= 4 is 0 Å². The van der Waals surface area contributed by atoms with Gasteiger partial charge in [0.05, 0.1) is 5.60 Å². The van der Waals surface area contributed by atoms with Gasteiger partial charge in [-0.05, 0) is 37.8 Å². The molecule has 13 heavy (non-hydrogen) atoms. The van der Waals surface area contributed by atoms with Crippen molar-refractivity contribution in [2.75, 3.05) is 0 Å². The fourth-order valence-corrected chi connectivity index (χ4v) is 1.67. The van der Waals surface area contributed by atoms with Crippen LogP contribution in [0.15, 0.2) is 18.2 Å². The standard InChI is InChI=1S/C12H16O/c1-9-3-4-10(2)11(7-9)8-12(13)5-6-12/h3-4,7,13H,5-6,8H2,1-2H3. The van der Waals surface area contributed by atoms with Gasteiger partial charge in [0, 0.05) is 6.42 Å². The first-order valence-electron chi connectivity index (χ1n) is 4.88. The molecule has 1 aliphatic rings. The van der Waals surface area contributed by atoms with Gasteiger partial charge in [-0.1, -0.05) is 23.8 Å². The van der Waals surface area contributed by atoms with Crippen molar-refractivity contribution in [3.63, 3.8) is 0 Å². The van der Waals surface area contributed by atoms with Gasteiger partial charge in [-0.15, -0.1) is 0 Å². The highest BCUT2D eigenvalue weighted by Gasteiger charge is 2.40. The van der Waals surface area contributed by atoms with Crippen molar-refractivity contribution < 1.29 is 5.11 Å². The van der Waals surface area contributed by atoms with Gasteiger partial charge in [0.25, 0.3) is 0 Å². The van der Waals surface area contributed by atoms with E-state index < -0.39 is 0 Å². The minimum atomic E-state index is -0.363. The first-order chi connectivity index (χ1) is 6.09. The highest BCUT2D eigenvalue weighted by atomic mass is 16.3. The third-order valence-electron chi connectivity index (χ3n) is 2.85. The summed E-state index contributed by atoms with van der Waals surface area (Å²) < 4.78 is 0. The van der Waals surface area contributed by atoms with Crippen LogP contribution >= 0.6 is 0 Å². The molecule has 1 N–H and O–H groups in total. The van der Waals surface area contributed by atoms with Crippen LogP contribution in [0.4, 0.5) is 0 Å². The minimum absolute atomic E-state index is 0.363. The van der Waals surface area contributed by atoms with Crippen molar-refractivity contribution in [1.82, 2.24) is 0 Å². The van der Waals surface area contributed by atoms with Crippen molar-refractivity contribution in [2.45, 2.75) is 38.7 Å². The van der Waals surface area contributed by atoms with Crippen LogP contribution in [0, 0.1) is 13.8 Å². The molecule has 1 aromatic carbocycles. The molecule has 1 fully saturated rings. The van der Waals surface area contributed by atoms with E-state index in [0.717, 1.165) is 19.3 Å². The lowest BCUT2D eigenvalue weighted by atomic mass is 9.99. The molecule has 2 rings (SSSR count). The summed E-state index contributed by atoms with van der Waals surface area (Å²) in [6.07, 6.45) is 2.78. The zero-order valence-corrected chi connectivity index (χ0v) is 8.30. The summed E-state index contributed by atoms with van der Waals surface area (Å²) in [6, 6.07) is 6.44. The van der Waals surface area contributed by atoms with Crippen molar-refractivity contribution in [2.24, 2.45) is 0 Å². The van der Waals surface area contributed by atoms with Crippen LogP contribution in [0.25, 0.3) is 0 Å². The average molecular weight is 176 g/mol. The fraction of sp³-hybridized carbons (Fsp3) is 0.500. The van der Waals surface area contributed by atoms with E-state index in [9.17, 15) is 5.11 Å². The Morgan fingerprint density at radius 1 is 1.31 bits per heavy atom. The highest BCUT2D eigenvalue weighted by molar-refractivity contribution is 5.32. The Morgan fingerprint density at radius 2 is 2.00 bits per heavy atom. The van der Waals surface area contributed by atoms with Gasteiger partial charge in [0.1, 0.15) is 0 Å². The van der Waals surface area contributed by atoms with Gasteiger partial charge in [-0.3, -0.25) is 0 Å². The van der Waals surface area contributed by atoms with E-state index in [-0.39, 0.29) is 5.60 Å². The molecule has 0 saturated heterocycles. The molecule has 0 heterocycles. The molecule has 70 valence electrons. The first kappa shape index (κ1) is 8.76. The van der Waals surface area contributed by atoms with Gasteiger partial charge in [-0.2, -0.15) is 0 Å². The largest absolute Gasteiger partial charge is 0.390 e. The van der Waals surface area contributed by atoms with Crippen LogP contribution in [0.1, 0.15) is 29.5 Å². The number of aryl methyl sites for hydroxylation is 2. The molecule has 0 unspecified atom stereocenters. The maximum Gasteiger partial charge on any atom is 0.0690 e. The molecule has 0 atom stereocenters. The average Bonchev–Trinajstić information content (AvgIpc) is 2.76. The lowest BCUT2D eigenvalue weighted by molar-refractivity contribution is 0.151. The molecule has 0 bridgehead atoms. The van der Waals surface area contributed by atoms with Gasteiger partial charge >= 0.3 is 0 Å². The maximum absolute atomic E-state index is 9.80. The van der Waals surface area contributed by atoms with E-state index in [4.69, 9.17) is 0 Å². The normalized spacial score (nSPS) is 18.7. The third-order valence-corrected chi connectivity index (χ3v) is 2.85. The summed E-state index contributed by atoms with van der Waals surface area (Å²) in [5.74, 6) is 0. The third kappa shape index (κ3) is 1.92. The highest BCUT2D eigenvalue weighted by Crippen LogP contribution is 2.38. The van der Waals surface area contributed by atoms with Gasteiger partial charge < -0.3 is 5.11 Å². The summed E-state index contributed by atoms with van der Waals surface area (Å²) in [6.45, 7) is 4.21. The number of hydrogen-bond acceptors (Lipinski definition) is 1. The second-order valence-electron chi connectivity index (χ2n) is 4.33. The van der Waals surface area contributed by atoms with Gasteiger partial charge in [0.15, 0.2) is 0 Å². The number of benzene rings is 1. The molecular formula is C12H16O. The SMILES string of the molecule is Cc1ccc(C)c(CC2(O)CC2)c1. The van der Waals surface area contributed by atoms with Crippen LogP contribution in [-0.2, 0) is 6.42 Å². The Balaban J connectivity index is 2.23. The monoisotopic (exact) mass is 176 g/mol. The Kier molecular flexibility index (Phi) is 1.92. The van der Waals surface area contributed by atoms with Crippen LogP contribution in [0.2, 0.25) is 0 Å². The molecule has 0 spiro atoms. The predicted octanol–water partition coefficient (Wildman–Crippen LogP) is 2.37. The predicted molar refractivity (Wildman–Crippen MR) is 53.8 cm³/mol. The first-order valence-corrected chi connectivity index (χ1v) is 4.88. The smallest absolute Gasteiger partial charge is 0.0690 e. The van der Waals surface area contributed by atoms with E-state index in [1.807, 2.05) is 0 Å². The van der Waals surface area contributed by atoms with Crippen molar-refractivity contribution in [1.29, 1.82) is 0 Å². The molecule has 1 aromatic rings. The molecule has 1 saturated carbocycles. The lowest BCUT2D eigenvalue weighted by Gasteiger charge is -2.10. The minimum Gasteiger partial charge on any atom is -0.390 e. The summed E-state index contributed by atoms with van der Waals surface area (Å²) >= 11 is 0. The molecular weight excluding hydrogens is 160 g/mol. The number of hydrogen-bond donors (Lipinski definition) is 1. The van der Waals surface area contributed by atoms with Crippen LogP contribution < -0.4 is 0 Å². The van der Waals surface area contributed by atoms with Crippen LogP contribution in [-0.4, -0.2) is 10.7 Å². The molecule has 0 aromatic heterocycles. The summed E-state index contributed by atoms with van der Waals surface area (Å²) in [7, 11) is 0. The molecule has 1 nitrogen and oxygen atoms in total. The van der Waals surface area contributed by atoms with E-state index >= 15 is 0 Å². The zero-order valence-electron chi connectivity index (χ0n) is 8.30.